The summed E-state index contributed by atoms with van der Waals surface area (Å²) in [6.45, 7) is 11.6. The number of halogens is 1. The number of ether oxygens (including phenoxy) is 1. The van der Waals surface area contributed by atoms with Gasteiger partial charge < -0.3 is 29.7 Å². The number of hydrogen-bond acceptors (Lipinski definition) is 6. The number of pyridine rings is 1. The van der Waals surface area contributed by atoms with E-state index in [4.69, 9.17) is 4.74 Å². The quantitative estimate of drug-likeness (QED) is 0.310. The summed E-state index contributed by atoms with van der Waals surface area (Å²) in [6.07, 6.45) is 5.57. The number of piperidine rings is 1. The van der Waals surface area contributed by atoms with E-state index in [1.54, 1.807) is 6.20 Å². The van der Waals surface area contributed by atoms with E-state index in [9.17, 15) is 9.59 Å². The van der Waals surface area contributed by atoms with E-state index in [1.807, 2.05) is 35.8 Å². The molecule has 41 heavy (non-hydrogen) atoms. The highest BCUT2D eigenvalue weighted by atomic mass is 19.1. The number of fused-ring (bicyclic) bond motifs is 3. The number of nitrogens with zero attached hydrogens (tertiary/aromatic N) is 3. The summed E-state index contributed by atoms with van der Waals surface area (Å²) in [6, 6.07) is 8.97. The third-order valence-electron chi connectivity index (χ3n) is 9.05. The third-order valence-corrected chi connectivity index (χ3v) is 9.05. The predicted octanol–water partition coefficient (Wildman–Crippen LogP) is 4.66. The fourth-order valence-electron chi connectivity index (χ4n) is 6.78. The topological polar surface area (TPSA) is 78.8 Å². The molecule has 3 aliphatic heterocycles. The lowest BCUT2D eigenvalue weighted by molar-refractivity contribution is 0.0935. The zero-order valence-corrected chi connectivity index (χ0v) is 24.2. The van der Waals surface area contributed by atoms with Gasteiger partial charge in [0.15, 0.2) is 17.3 Å². The van der Waals surface area contributed by atoms with Crippen molar-refractivity contribution in [3.05, 3.63) is 58.1 Å². The van der Waals surface area contributed by atoms with Crippen LogP contribution in [-0.4, -0.2) is 66.7 Å². The smallest absolute Gasteiger partial charge is 0.256 e. The maximum atomic E-state index is 16.0. The van der Waals surface area contributed by atoms with E-state index < -0.39 is 17.2 Å². The molecule has 8 nitrogen and oxygen atoms in total. The molecule has 9 heteroatoms. The van der Waals surface area contributed by atoms with Gasteiger partial charge in [-0.15, -0.1) is 0 Å². The van der Waals surface area contributed by atoms with Crippen LogP contribution in [0.5, 0.6) is 11.5 Å². The number of benzene rings is 2. The number of anilines is 1. The zero-order chi connectivity index (χ0) is 28.7. The number of hydrogen-bond donors (Lipinski definition) is 2. The largest absolute Gasteiger partial charge is 0.451 e. The molecule has 0 spiro atoms. The van der Waals surface area contributed by atoms with Gasteiger partial charge in [-0.2, -0.15) is 0 Å². The average molecular weight is 562 g/mol. The molecule has 3 unspecified atom stereocenters. The van der Waals surface area contributed by atoms with Crippen molar-refractivity contribution in [3.8, 4) is 17.2 Å². The van der Waals surface area contributed by atoms with Crippen molar-refractivity contribution < 1.29 is 13.9 Å². The van der Waals surface area contributed by atoms with E-state index in [-0.39, 0.29) is 17.0 Å². The van der Waals surface area contributed by atoms with Crippen LogP contribution in [0.3, 0.4) is 0 Å². The number of aromatic nitrogens is 1. The van der Waals surface area contributed by atoms with Crippen LogP contribution in [0.1, 0.15) is 56.8 Å². The molecular weight excluding hydrogens is 521 g/mol. The van der Waals surface area contributed by atoms with Crippen LogP contribution in [-0.2, 0) is 0 Å². The fourth-order valence-corrected chi connectivity index (χ4v) is 6.78. The lowest BCUT2D eigenvalue weighted by Gasteiger charge is -2.29. The van der Waals surface area contributed by atoms with Crippen molar-refractivity contribution in [1.82, 2.24) is 20.1 Å². The predicted molar refractivity (Wildman–Crippen MR) is 160 cm³/mol. The Morgan fingerprint density at radius 2 is 2.05 bits per heavy atom. The van der Waals surface area contributed by atoms with Gasteiger partial charge in [0.25, 0.3) is 5.91 Å². The van der Waals surface area contributed by atoms with Gasteiger partial charge in [0.1, 0.15) is 16.8 Å². The Bertz CT molecular complexity index is 1500. The fraction of sp³-hybridized carbons (Fsp3) is 0.500. The van der Waals surface area contributed by atoms with Gasteiger partial charge in [0, 0.05) is 31.4 Å². The Morgan fingerprint density at radius 3 is 2.83 bits per heavy atom. The molecule has 1 amide bonds. The number of carbonyl (C=O) groups excluding carboxylic acids is 1. The number of rotatable bonds is 9. The van der Waals surface area contributed by atoms with E-state index >= 15 is 4.39 Å². The summed E-state index contributed by atoms with van der Waals surface area (Å²) in [7, 11) is 0. The third kappa shape index (κ3) is 5.10. The molecule has 0 bridgehead atoms. The number of nitrogens with one attached hydrogen (secondary N) is 2. The van der Waals surface area contributed by atoms with Crippen molar-refractivity contribution >= 4 is 22.5 Å². The maximum absolute atomic E-state index is 16.0. The van der Waals surface area contributed by atoms with Gasteiger partial charge >= 0.3 is 0 Å². The molecule has 1 aromatic heterocycles. The minimum atomic E-state index is -0.503. The average Bonchev–Trinajstić information content (AvgIpc) is 3.40. The summed E-state index contributed by atoms with van der Waals surface area (Å²) in [4.78, 5) is 31.6. The summed E-state index contributed by atoms with van der Waals surface area (Å²) >= 11 is 0. The lowest BCUT2D eigenvalue weighted by atomic mass is 9.94. The molecule has 2 saturated heterocycles. The van der Waals surface area contributed by atoms with E-state index in [1.165, 1.54) is 6.07 Å². The van der Waals surface area contributed by atoms with Gasteiger partial charge in [-0.3, -0.25) is 9.59 Å². The maximum Gasteiger partial charge on any atom is 0.256 e. The monoisotopic (exact) mass is 561 g/mol. The second-order valence-corrected chi connectivity index (χ2v) is 11.7. The Morgan fingerprint density at radius 1 is 1.24 bits per heavy atom. The summed E-state index contributed by atoms with van der Waals surface area (Å²) < 4.78 is 24.2. The van der Waals surface area contributed by atoms with Gasteiger partial charge in [-0.1, -0.05) is 26.0 Å². The van der Waals surface area contributed by atoms with Crippen LogP contribution in [0, 0.1) is 11.7 Å². The molecule has 0 radical (unpaired) electrons. The molecular formula is C32H40FN5O3. The van der Waals surface area contributed by atoms with Crippen LogP contribution < -0.4 is 25.7 Å². The number of para-hydroxylation sites is 2. The summed E-state index contributed by atoms with van der Waals surface area (Å²) in [5.41, 5.74) is 1.10. The number of carbonyl (C=O) groups is 1. The second-order valence-electron chi connectivity index (χ2n) is 11.7. The Labute approximate surface area is 240 Å². The van der Waals surface area contributed by atoms with E-state index in [0.29, 0.717) is 46.9 Å². The highest BCUT2D eigenvalue weighted by molar-refractivity contribution is 6.01. The van der Waals surface area contributed by atoms with Crippen molar-refractivity contribution in [2.75, 3.05) is 44.2 Å². The highest BCUT2D eigenvalue weighted by Gasteiger charge is 2.38. The van der Waals surface area contributed by atoms with Crippen molar-refractivity contribution in [2.24, 2.45) is 5.92 Å². The molecule has 3 atom stereocenters. The van der Waals surface area contributed by atoms with Gasteiger partial charge in [-0.05, 0) is 82.9 Å². The van der Waals surface area contributed by atoms with Gasteiger partial charge in [-0.25, -0.2) is 4.39 Å². The molecule has 2 N–H and O–H groups in total. The lowest BCUT2D eigenvalue weighted by Crippen LogP contribution is -2.40. The van der Waals surface area contributed by atoms with Crippen LogP contribution >= 0.6 is 0 Å². The normalized spacial score (nSPS) is 20.1. The minimum absolute atomic E-state index is 0.000659. The Kier molecular flexibility index (Phi) is 7.74. The van der Waals surface area contributed by atoms with E-state index in [2.05, 4.69) is 34.3 Å². The summed E-state index contributed by atoms with van der Waals surface area (Å²) in [5, 5.41) is 6.73. The van der Waals surface area contributed by atoms with Gasteiger partial charge in [0.05, 0.1) is 11.1 Å². The molecule has 3 aromatic rings. The molecule has 0 saturated carbocycles. The zero-order valence-electron chi connectivity index (χ0n) is 24.2. The van der Waals surface area contributed by atoms with Crippen LogP contribution in [0.25, 0.3) is 16.6 Å². The molecule has 218 valence electrons. The van der Waals surface area contributed by atoms with Crippen molar-refractivity contribution in [3.63, 3.8) is 0 Å². The van der Waals surface area contributed by atoms with Crippen LogP contribution in [0.4, 0.5) is 10.1 Å². The van der Waals surface area contributed by atoms with Crippen LogP contribution in [0.2, 0.25) is 0 Å². The Hall–Kier alpha value is -3.43. The first-order chi connectivity index (χ1) is 19.9. The molecule has 3 aliphatic rings. The molecule has 4 heterocycles. The van der Waals surface area contributed by atoms with Crippen molar-refractivity contribution in [1.29, 1.82) is 0 Å². The SMILES string of the molecule is CCN(CC)CCCC(C)NC(=O)c1cn2c3c(c(N4CC5CCCNC5C4)c(F)cc3c1=O)Oc1ccccc1-2. The molecule has 2 aromatic carbocycles. The summed E-state index contributed by atoms with van der Waals surface area (Å²) in [5.74, 6) is 0.398. The second kappa shape index (κ2) is 11.4. The van der Waals surface area contributed by atoms with E-state index in [0.717, 1.165) is 58.4 Å². The van der Waals surface area contributed by atoms with Crippen molar-refractivity contribution in [2.45, 2.75) is 58.5 Å². The Balaban J connectivity index is 1.37. The standard InChI is InChI=1S/C32H40FN5O3/c1-4-36(5-2)15-9-10-20(3)35-32(40)23-18-38-26-12-6-7-13-27(26)41-31-28(38)22(30(23)39)16-24(33)29(31)37-17-21-11-8-14-34-25(21)19-37/h6-7,12-13,16,18,20-21,25,34H,4-5,8-11,14-15,17,19H2,1-3H3,(H,35,40). The molecule has 0 aliphatic carbocycles. The first-order valence-corrected chi connectivity index (χ1v) is 15.1. The first-order valence-electron chi connectivity index (χ1n) is 15.1. The van der Waals surface area contributed by atoms with Crippen LogP contribution in [0.15, 0.2) is 41.3 Å². The molecule has 2 fully saturated rings. The number of amides is 1. The highest BCUT2D eigenvalue weighted by Crippen LogP contribution is 2.47. The molecule has 6 rings (SSSR count). The first kappa shape index (κ1) is 27.7. The van der Waals surface area contributed by atoms with Gasteiger partial charge in [0.2, 0.25) is 5.43 Å². The minimum Gasteiger partial charge on any atom is -0.451 e.